The maximum Gasteiger partial charge on any atom is 0.191 e. The lowest BCUT2D eigenvalue weighted by molar-refractivity contribution is 0.0250. The van der Waals surface area contributed by atoms with Gasteiger partial charge in [0.1, 0.15) is 0 Å². The molecule has 0 spiro atoms. The van der Waals surface area contributed by atoms with Gasteiger partial charge in [-0.15, -0.1) is 0 Å². The van der Waals surface area contributed by atoms with E-state index >= 15 is 0 Å². The molecular formula is C12H26N4O. The summed E-state index contributed by atoms with van der Waals surface area (Å²) in [6.07, 6.45) is 1.03. The minimum Gasteiger partial charge on any atom is -0.389 e. The highest BCUT2D eigenvalue weighted by atomic mass is 16.3. The van der Waals surface area contributed by atoms with Crippen molar-refractivity contribution in [3.05, 3.63) is 0 Å². The first-order valence-corrected chi connectivity index (χ1v) is 6.42. The van der Waals surface area contributed by atoms with E-state index in [0.717, 1.165) is 39.1 Å². The number of β-amino-alcohol motifs (C(OH)–C–C–N with tert-alkyl or cyclic N) is 1. The molecule has 0 aliphatic carbocycles. The van der Waals surface area contributed by atoms with Crippen LogP contribution < -0.4 is 5.73 Å². The highest BCUT2D eigenvalue weighted by Gasteiger charge is 2.23. The Kier molecular flexibility index (Phi) is 5.21. The average molecular weight is 242 g/mol. The molecular weight excluding hydrogens is 216 g/mol. The van der Waals surface area contributed by atoms with Crippen molar-refractivity contribution in [3.8, 4) is 0 Å². The second-order valence-corrected chi connectivity index (χ2v) is 5.32. The van der Waals surface area contributed by atoms with Crippen LogP contribution in [0.15, 0.2) is 4.99 Å². The maximum absolute atomic E-state index is 9.76. The quantitative estimate of drug-likeness (QED) is 0.542. The first-order chi connectivity index (χ1) is 7.92. The van der Waals surface area contributed by atoms with E-state index in [2.05, 4.69) is 21.7 Å². The molecule has 1 rings (SSSR count). The standard InChI is InChI=1S/C12H26N4O/c1-4-5-14-11(13)16-8-6-15(7-9-16)10-12(2,3)17/h17H,4-10H2,1-3H3,(H2,13,14). The Balaban J connectivity index is 2.35. The number of rotatable bonds is 4. The van der Waals surface area contributed by atoms with Gasteiger partial charge in [0.25, 0.3) is 0 Å². The Morgan fingerprint density at radius 3 is 2.35 bits per heavy atom. The third-order valence-electron chi connectivity index (χ3n) is 2.80. The Morgan fingerprint density at radius 2 is 1.88 bits per heavy atom. The topological polar surface area (TPSA) is 65.1 Å². The molecule has 0 saturated carbocycles. The van der Waals surface area contributed by atoms with Gasteiger partial charge in [0.05, 0.1) is 5.60 Å². The molecule has 0 atom stereocenters. The van der Waals surface area contributed by atoms with Gasteiger partial charge >= 0.3 is 0 Å². The Bertz CT molecular complexity index is 252. The number of hydrogen-bond acceptors (Lipinski definition) is 3. The second kappa shape index (κ2) is 6.21. The normalized spacial score (nSPS) is 19.8. The van der Waals surface area contributed by atoms with Crippen LogP contribution in [0.1, 0.15) is 27.2 Å². The smallest absolute Gasteiger partial charge is 0.191 e. The van der Waals surface area contributed by atoms with Crippen LogP contribution in [0.4, 0.5) is 0 Å². The molecule has 100 valence electrons. The van der Waals surface area contributed by atoms with Crippen LogP contribution in [0.2, 0.25) is 0 Å². The molecule has 0 aromatic rings. The summed E-state index contributed by atoms with van der Waals surface area (Å²) in [6.45, 7) is 11.0. The molecule has 5 heteroatoms. The van der Waals surface area contributed by atoms with Gasteiger partial charge in [-0.2, -0.15) is 0 Å². The van der Waals surface area contributed by atoms with E-state index in [4.69, 9.17) is 5.73 Å². The zero-order valence-corrected chi connectivity index (χ0v) is 11.3. The van der Waals surface area contributed by atoms with Crippen LogP contribution in [-0.4, -0.2) is 65.7 Å². The van der Waals surface area contributed by atoms with E-state index in [9.17, 15) is 5.11 Å². The Morgan fingerprint density at radius 1 is 1.29 bits per heavy atom. The summed E-state index contributed by atoms with van der Waals surface area (Å²) in [6, 6.07) is 0. The van der Waals surface area contributed by atoms with Crippen molar-refractivity contribution in [1.29, 1.82) is 0 Å². The molecule has 0 amide bonds. The molecule has 1 aliphatic rings. The minimum atomic E-state index is -0.621. The minimum absolute atomic E-state index is 0.621. The third kappa shape index (κ3) is 5.37. The maximum atomic E-state index is 9.76. The lowest BCUT2D eigenvalue weighted by atomic mass is 10.1. The molecule has 1 heterocycles. The summed E-state index contributed by atoms with van der Waals surface area (Å²) in [7, 11) is 0. The van der Waals surface area contributed by atoms with Gasteiger partial charge in [-0.1, -0.05) is 6.92 Å². The zero-order chi connectivity index (χ0) is 12.9. The van der Waals surface area contributed by atoms with E-state index < -0.39 is 5.60 Å². The highest BCUT2D eigenvalue weighted by Crippen LogP contribution is 2.08. The monoisotopic (exact) mass is 242 g/mol. The van der Waals surface area contributed by atoms with Crippen molar-refractivity contribution in [3.63, 3.8) is 0 Å². The van der Waals surface area contributed by atoms with Gasteiger partial charge in [0.15, 0.2) is 5.96 Å². The zero-order valence-electron chi connectivity index (χ0n) is 11.3. The largest absolute Gasteiger partial charge is 0.389 e. The lowest BCUT2D eigenvalue weighted by Crippen LogP contribution is -2.53. The van der Waals surface area contributed by atoms with Crippen LogP contribution in [0, 0.1) is 0 Å². The van der Waals surface area contributed by atoms with Crippen molar-refractivity contribution >= 4 is 5.96 Å². The molecule has 0 radical (unpaired) electrons. The van der Waals surface area contributed by atoms with Gasteiger partial charge in [0.2, 0.25) is 0 Å². The fourth-order valence-electron chi connectivity index (χ4n) is 2.01. The van der Waals surface area contributed by atoms with E-state index in [1.807, 2.05) is 13.8 Å². The molecule has 1 fully saturated rings. The second-order valence-electron chi connectivity index (χ2n) is 5.32. The van der Waals surface area contributed by atoms with Gasteiger partial charge in [0, 0.05) is 39.3 Å². The summed E-state index contributed by atoms with van der Waals surface area (Å²) in [5.74, 6) is 0.662. The van der Waals surface area contributed by atoms with Crippen LogP contribution >= 0.6 is 0 Å². The van der Waals surface area contributed by atoms with E-state index in [1.54, 1.807) is 0 Å². The lowest BCUT2D eigenvalue weighted by Gasteiger charge is -2.37. The number of hydrogen-bond donors (Lipinski definition) is 2. The molecule has 0 aromatic heterocycles. The molecule has 5 nitrogen and oxygen atoms in total. The molecule has 0 bridgehead atoms. The van der Waals surface area contributed by atoms with Crippen molar-refractivity contribution in [1.82, 2.24) is 9.80 Å². The SMILES string of the molecule is CCCN=C(N)N1CCN(CC(C)(C)O)CC1. The Hall–Kier alpha value is -0.810. The highest BCUT2D eigenvalue weighted by molar-refractivity contribution is 5.78. The summed E-state index contributed by atoms with van der Waals surface area (Å²) >= 11 is 0. The summed E-state index contributed by atoms with van der Waals surface area (Å²) in [4.78, 5) is 8.71. The predicted octanol–water partition coefficient (Wildman–Crippen LogP) is 0.0996. The number of aliphatic hydroxyl groups is 1. The number of piperazine rings is 1. The number of nitrogens with zero attached hydrogens (tertiary/aromatic N) is 3. The molecule has 1 saturated heterocycles. The fraction of sp³-hybridized carbons (Fsp3) is 0.917. The first kappa shape index (κ1) is 14.3. The van der Waals surface area contributed by atoms with E-state index in [1.165, 1.54) is 0 Å². The number of aliphatic imine (C=N–C) groups is 1. The summed E-state index contributed by atoms with van der Waals surface area (Å²) < 4.78 is 0. The summed E-state index contributed by atoms with van der Waals surface area (Å²) in [5, 5.41) is 9.76. The van der Waals surface area contributed by atoms with Gasteiger partial charge in [-0.25, -0.2) is 0 Å². The van der Waals surface area contributed by atoms with Crippen molar-refractivity contribution in [2.45, 2.75) is 32.8 Å². The predicted molar refractivity (Wildman–Crippen MR) is 71.1 cm³/mol. The van der Waals surface area contributed by atoms with Gasteiger partial charge in [-0.3, -0.25) is 9.89 Å². The first-order valence-electron chi connectivity index (χ1n) is 6.42. The van der Waals surface area contributed by atoms with Crippen molar-refractivity contribution in [2.75, 3.05) is 39.3 Å². The van der Waals surface area contributed by atoms with Crippen LogP contribution in [0.5, 0.6) is 0 Å². The van der Waals surface area contributed by atoms with Gasteiger partial charge < -0.3 is 15.7 Å². The molecule has 1 aliphatic heterocycles. The van der Waals surface area contributed by atoms with Crippen molar-refractivity contribution in [2.24, 2.45) is 10.7 Å². The molecule has 3 N–H and O–H groups in total. The van der Waals surface area contributed by atoms with Crippen LogP contribution in [0.25, 0.3) is 0 Å². The van der Waals surface area contributed by atoms with E-state index in [-0.39, 0.29) is 0 Å². The summed E-state index contributed by atoms with van der Waals surface area (Å²) in [5.41, 5.74) is 5.29. The van der Waals surface area contributed by atoms with Gasteiger partial charge in [-0.05, 0) is 20.3 Å². The molecule has 17 heavy (non-hydrogen) atoms. The number of nitrogens with two attached hydrogens (primary N) is 1. The van der Waals surface area contributed by atoms with Crippen LogP contribution in [0.3, 0.4) is 0 Å². The Labute approximate surface area is 104 Å². The van der Waals surface area contributed by atoms with E-state index in [0.29, 0.717) is 12.5 Å². The fourth-order valence-corrected chi connectivity index (χ4v) is 2.01. The molecule has 0 aromatic carbocycles. The molecule has 0 unspecified atom stereocenters. The third-order valence-corrected chi connectivity index (χ3v) is 2.80. The average Bonchev–Trinajstić information content (AvgIpc) is 2.24. The van der Waals surface area contributed by atoms with Crippen LogP contribution in [-0.2, 0) is 0 Å². The number of guanidine groups is 1. The van der Waals surface area contributed by atoms with Crippen molar-refractivity contribution < 1.29 is 5.11 Å².